The maximum absolute atomic E-state index is 12.8. The van der Waals surface area contributed by atoms with Crippen LogP contribution in [0.25, 0.3) is 0 Å². The Morgan fingerprint density at radius 1 is 1.42 bits per heavy atom. The number of carbonyl (C=O) groups is 1. The lowest BCUT2D eigenvalue weighted by molar-refractivity contribution is -0.122. The van der Waals surface area contributed by atoms with Gasteiger partial charge in [-0.2, -0.15) is 0 Å². The molecule has 0 aliphatic rings. The average Bonchev–Trinajstić information content (AvgIpc) is 2.76. The van der Waals surface area contributed by atoms with Crippen molar-refractivity contribution in [2.24, 2.45) is 0 Å². The first-order valence-electron chi connectivity index (χ1n) is 5.48. The Bertz CT molecular complexity index is 513. The number of hydrogen-bond donors (Lipinski definition) is 1. The van der Waals surface area contributed by atoms with E-state index in [0.29, 0.717) is 19.0 Å². The van der Waals surface area contributed by atoms with Gasteiger partial charge in [-0.3, -0.25) is 4.79 Å². The minimum Gasteiger partial charge on any atom is -0.483 e. The van der Waals surface area contributed by atoms with Gasteiger partial charge in [0, 0.05) is 6.07 Å². The van der Waals surface area contributed by atoms with E-state index in [0.717, 1.165) is 11.3 Å². The number of aromatic nitrogens is 1. The molecule has 0 aliphatic carbocycles. The Labute approximate surface area is 109 Å². The molecule has 0 amide bonds. The third-order valence-corrected chi connectivity index (χ3v) is 2.08. The number of nitrogens with zero attached hydrogens (tertiary/aromatic N) is 1. The Morgan fingerprint density at radius 2 is 2.16 bits per heavy atom. The minimum atomic E-state index is -0.253. The molecule has 0 unspecified atom stereocenters. The second-order valence-corrected chi connectivity index (χ2v) is 3.66. The number of halogens is 1. The van der Waals surface area contributed by atoms with Gasteiger partial charge in [0.25, 0.3) is 6.47 Å². The number of benzene rings is 1. The maximum Gasteiger partial charge on any atom is 0.290 e. The second kappa shape index (κ2) is 7.99. The molecular formula is C13H14FNO4. The molecule has 1 N–H and O–H groups in total. The summed E-state index contributed by atoms with van der Waals surface area (Å²) in [6.07, 6.45) is 0. The van der Waals surface area contributed by atoms with Crippen molar-refractivity contribution in [1.29, 1.82) is 0 Å². The van der Waals surface area contributed by atoms with Crippen molar-refractivity contribution in [2.75, 3.05) is 0 Å². The Morgan fingerprint density at radius 3 is 2.74 bits per heavy atom. The smallest absolute Gasteiger partial charge is 0.290 e. The van der Waals surface area contributed by atoms with Gasteiger partial charge >= 0.3 is 0 Å². The van der Waals surface area contributed by atoms with E-state index in [9.17, 15) is 4.39 Å². The highest BCUT2D eigenvalue weighted by atomic mass is 19.1. The number of hydrogen-bond acceptors (Lipinski definition) is 4. The zero-order valence-electron chi connectivity index (χ0n) is 10.4. The van der Waals surface area contributed by atoms with Crippen molar-refractivity contribution in [3.05, 3.63) is 53.2 Å². The molecule has 1 aromatic carbocycles. The van der Waals surface area contributed by atoms with Gasteiger partial charge in [0.2, 0.25) is 0 Å². The predicted octanol–water partition coefficient (Wildman–Crippen LogP) is 2.54. The van der Waals surface area contributed by atoms with Crippen molar-refractivity contribution in [2.45, 2.75) is 20.1 Å². The highest BCUT2D eigenvalue weighted by molar-refractivity contribution is 5.32. The highest BCUT2D eigenvalue weighted by Gasteiger charge is 2.01. The summed E-state index contributed by atoms with van der Waals surface area (Å²) in [4.78, 5) is 8.36. The summed E-state index contributed by atoms with van der Waals surface area (Å²) in [5, 5.41) is 10.6. The average molecular weight is 267 g/mol. The van der Waals surface area contributed by atoms with Crippen molar-refractivity contribution < 1.29 is 23.6 Å². The molecule has 0 atom stereocenters. The molecule has 2 aromatic rings. The van der Waals surface area contributed by atoms with Crippen LogP contribution in [0.15, 0.2) is 34.9 Å². The van der Waals surface area contributed by atoms with E-state index in [2.05, 4.69) is 5.16 Å². The lowest BCUT2D eigenvalue weighted by Gasteiger charge is -2.01. The number of ether oxygens (including phenoxy) is 1. The van der Waals surface area contributed by atoms with Crippen molar-refractivity contribution >= 4 is 6.47 Å². The fourth-order valence-electron chi connectivity index (χ4n) is 1.38. The Kier molecular flexibility index (Phi) is 6.25. The topological polar surface area (TPSA) is 72.6 Å². The minimum absolute atomic E-state index is 0.250. The quantitative estimate of drug-likeness (QED) is 0.862. The summed E-state index contributed by atoms with van der Waals surface area (Å²) in [5.74, 6) is 0.422. The standard InChI is InChI=1S/C12H12FNO2.CH2O2/c1-9-5-12(16-14-9)8-15-7-10-3-2-4-11(13)6-10;2-1-3/h2-6H,7-8H2,1H3;1H,(H,2,3). The van der Waals surface area contributed by atoms with Crippen LogP contribution in [0.2, 0.25) is 0 Å². The van der Waals surface area contributed by atoms with Crippen LogP contribution < -0.4 is 0 Å². The summed E-state index contributed by atoms with van der Waals surface area (Å²) in [7, 11) is 0. The molecule has 1 heterocycles. The maximum atomic E-state index is 12.8. The van der Waals surface area contributed by atoms with Gasteiger partial charge in [-0.1, -0.05) is 17.3 Å². The fourth-order valence-corrected chi connectivity index (χ4v) is 1.38. The largest absolute Gasteiger partial charge is 0.483 e. The monoisotopic (exact) mass is 267 g/mol. The normalized spacial score (nSPS) is 9.58. The first-order chi connectivity index (χ1) is 9.15. The van der Waals surface area contributed by atoms with Gasteiger partial charge in [-0.05, 0) is 24.6 Å². The number of rotatable bonds is 4. The van der Waals surface area contributed by atoms with Gasteiger partial charge < -0.3 is 14.4 Å². The van der Waals surface area contributed by atoms with Crippen LogP contribution in [0.1, 0.15) is 17.0 Å². The Hall–Kier alpha value is -2.21. The third-order valence-electron chi connectivity index (χ3n) is 2.08. The van der Waals surface area contributed by atoms with Crippen LogP contribution in [0.3, 0.4) is 0 Å². The fraction of sp³-hybridized carbons (Fsp3) is 0.231. The van der Waals surface area contributed by atoms with E-state index in [1.54, 1.807) is 6.07 Å². The molecule has 1 aromatic heterocycles. The first kappa shape index (κ1) is 14.8. The van der Waals surface area contributed by atoms with Gasteiger partial charge in [0.1, 0.15) is 12.4 Å². The van der Waals surface area contributed by atoms with E-state index in [4.69, 9.17) is 19.2 Å². The van der Waals surface area contributed by atoms with Crippen LogP contribution in [-0.4, -0.2) is 16.7 Å². The molecule has 0 radical (unpaired) electrons. The Balaban J connectivity index is 0.000000550. The lowest BCUT2D eigenvalue weighted by Crippen LogP contribution is -1.93. The first-order valence-corrected chi connectivity index (χ1v) is 5.48. The van der Waals surface area contributed by atoms with Crippen molar-refractivity contribution in [1.82, 2.24) is 5.16 Å². The van der Waals surface area contributed by atoms with E-state index < -0.39 is 0 Å². The molecule has 0 spiro atoms. The summed E-state index contributed by atoms with van der Waals surface area (Å²) in [5.41, 5.74) is 1.63. The number of aryl methyl sites for hydroxylation is 1. The molecule has 0 fully saturated rings. The van der Waals surface area contributed by atoms with Gasteiger partial charge in [-0.15, -0.1) is 0 Å². The van der Waals surface area contributed by atoms with Gasteiger partial charge in [-0.25, -0.2) is 4.39 Å². The molecule has 2 rings (SSSR count). The van der Waals surface area contributed by atoms with E-state index in [-0.39, 0.29) is 12.3 Å². The zero-order chi connectivity index (χ0) is 14.1. The molecule has 6 heteroatoms. The predicted molar refractivity (Wildman–Crippen MR) is 64.8 cm³/mol. The molecule has 0 bridgehead atoms. The molecule has 5 nitrogen and oxygen atoms in total. The second-order valence-electron chi connectivity index (χ2n) is 3.66. The molecule has 0 saturated carbocycles. The molecule has 0 aliphatic heterocycles. The SMILES string of the molecule is Cc1cc(COCc2cccc(F)c2)on1.O=CO. The van der Waals surface area contributed by atoms with Crippen LogP contribution >= 0.6 is 0 Å². The molecule has 0 saturated heterocycles. The number of carboxylic acid groups (broad SMARTS) is 1. The summed E-state index contributed by atoms with van der Waals surface area (Å²) < 4.78 is 23.2. The molecule has 19 heavy (non-hydrogen) atoms. The van der Waals surface area contributed by atoms with Crippen molar-refractivity contribution in [3.63, 3.8) is 0 Å². The summed E-state index contributed by atoms with van der Waals surface area (Å²) >= 11 is 0. The highest BCUT2D eigenvalue weighted by Crippen LogP contribution is 2.08. The molecular weight excluding hydrogens is 253 g/mol. The van der Waals surface area contributed by atoms with Crippen LogP contribution in [0, 0.1) is 12.7 Å². The summed E-state index contributed by atoms with van der Waals surface area (Å²) in [6.45, 7) is 2.30. The van der Waals surface area contributed by atoms with E-state index in [1.807, 2.05) is 19.1 Å². The van der Waals surface area contributed by atoms with Gasteiger partial charge in [0.05, 0.1) is 12.3 Å². The molecule has 102 valence electrons. The van der Waals surface area contributed by atoms with Crippen LogP contribution in [0.4, 0.5) is 4.39 Å². The van der Waals surface area contributed by atoms with Crippen LogP contribution in [0.5, 0.6) is 0 Å². The lowest BCUT2D eigenvalue weighted by atomic mass is 10.2. The van der Waals surface area contributed by atoms with E-state index >= 15 is 0 Å². The third kappa shape index (κ3) is 5.78. The van der Waals surface area contributed by atoms with Crippen molar-refractivity contribution in [3.8, 4) is 0 Å². The van der Waals surface area contributed by atoms with Crippen LogP contribution in [-0.2, 0) is 22.7 Å². The zero-order valence-corrected chi connectivity index (χ0v) is 10.4. The van der Waals surface area contributed by atoms with E-state index in [1.165, 1.54) is 12.1 Å². The van der Waals surface area contributed by atoms with Gasteiger partial charge in [0.15, 0.2) is 5.76 Å². The summed E-state index contributed by atoms with van der Waals surface area (Å²) in [6, 6.07) is 8.14.